The molecule has 0 bridgehead atoms. The molecule has 16 heavy (non-hydrogen) atoms. The minimum atomic E-state index is -2.17. The van der Waals surface area contributed by atoms with Gasteiger partial charge in [0.05, 0.1) is 0 Å². The third-order valence-corrected chi connectivity index (χ3v) is 0. The Morgan fingerprint density at radius 2 is 0.312 bits per heavy atom. The van der Waals surface area contributed by atoms with Gasteiger partial charge in [-0.1, -0.05) is 0 Å². The number of hydrogen-bond donors (Lipinski definition) is 12. The third kappa shape index (κ3) is 46400. The Kier molecular flexibility index (Phi) is 31.4. The average Bonchev–Trinajstić information content (AvgIpc) is 1.76. The lowest BCUT2D eigenvalue weighted by molar-refractivity contribution is 0.276. The maximum atomic E-state index is 7.17. The van der Waals surface area contributed by atoms with Crippen LogP contribution in [0.3, 0.4) is 0 Å². The lowest BCUT2D eigenvalue weighted by Gasteiger charge is -1.69. The summed E-state index contributed by atoms with van der Waals surface area (Å²) < 4.78 is 0. The van der Waals surface area contributed by atoms with E-state index in [0.717, 1.165) is 0 Å². The highest BCUT2D eigenvalue weighted by Crippen LogP contribution is 1.41. The summed E-state index contributed by atoms with van der Waals surface area (Å²) in [5, 5.41) is 86.0. The lowest BCUT2D eigenvalue weighted by Crippen LogP contribution is -2.07. The molecule has 0 rings (SSSR count). The van der Waals surface area contributed by atoms with E-state index in [4.69, 9.17) is 60.3 Å². The summed E-state index contributed by atoms with van der Waals surface area (Å²) in [7, 11) is -8.67. The molecule has 0 aromatic heterocycles. The zero-order valence-corrected chi connectivity index (χ0v) is 7.68. The summed E-state index contributed by atoms with van der Waals surface area (Å²) in [6.45, 7) is 0. The van der Waals surface area contributed by atoms with Crippen LogP contribution in [0.4, 0.5) is 0 Å². The van der Waals surface area contributed by atoms with Crippen LogP contribution >= 0.6 is 0 Å². The molecule has 16 heteroatoms. The molecule has 12 nitrogen and oxygen atoms in total. The van der Waals surface area contributed by atoms with Crippen molar-refractivity contribution in [1.82, 2.24) is 0 Å². The molecule has 0 aromatic rings. The molecule has 0 spiro atoms. The van der Waals surface area contributed by atoms with Crippen molar-refractivity contribution in [3.63, 3.8) is 0 Å². The molecule has 0 atom stereocenters. The summed E-state index contributed by atoms with van der Waals surface area (Å²) in [6.07, 6.45) is 0. The summed E-state index contributed by atoms with van der Waals surface area (Å²) in [5.74, 6) is 0. The van der Waals surface area contributed by atoms with Gasteiger partial charge in [-0.15, -0.1) is 0 Å². The van der Waals surface area contributed by atoms with Crippen molar-refractivity contribution in [3.05, 3.63) is 0 Å². The minimum absolute atomic E-state index is 0. The van der Waals surface area contributed by atoms with Crippen molar-refractivity contribution in [2.45, 2.75) is 0 Å². The molecular weight excluding hydrogens is 235 g/mol. The van der Waals surface area contributed by atoms with Crippen LogP contribution in [0.15, 0.2) is 0 Å². The smallest absolute Gasteiger partial charge is 0.402 e. The van der Waals surface area contributed by atoms with Crippen LogP contribution in [-0.2, 0) is 0 Å². The zero-order chi connectivity index (χ0) is 14.3. The second-order valence-corrected chi connectivity index (χ2v) is 1.39. The van der Waals surface area contributed by atoms with Crippen LogP contribution in [0.2, 0.25) is 0 Å². The molecule has 0 saturated heterocycles. The first-order valence-corrected chi connectivity index (χ1v) is 3.10. The predicted octanol–water partition coefficient (Wildman–Crippen LogP) is -7.96. The highest BCUT2D eigenvalue weighted by molar-refractivity contribution is 6.31. The van der Waals surface area contributed by atoms with Gasteiger partial charge < -0.3 is 60.3 Å². The molecule has 0 saturated carbocycles. The Labute approximate surface area is 92.1 Å². The largest absolute Gasteiger partial charge is 0.631 e. The standard InChI is InChI=1S/4BH3O3.H2/c4*2-1(3)4;/h4*2-4H;1H. The highest BCUT2D eigenvalue weighted by Gasteiger charge is 1.93. The molecule has 12 N–H and O–H groups in total. The Bertz CT molecular complexity index is 61.5. The van der Waals surface area contributed by atoms with Crippen LogP contribution in [-0.4, -0.2) is 89.6 Å². The summed E-state index contributed by atoms with van der Waals surface area (Å²) in [5.41, 5.74) is 0. The van der Waals surface area contributed by atoms with Gasteiger partial charge in [0.15, 0.2) is 0 Å². The monoisotopic (exact) mass is 250 g/mol. The first kappa shape index (κ1) is 24.8. The van der Waals surface area contributed by atoms with Crippen molar-refractivity contribution in [3.8, 4) is 0 Å². The molecule has 0 aliphatic heterocycles. The SMILES string of the molecule is OB(O)O.OB(O)O.OB(O)O.OB(O)O.[HH]. The molecule has 0 fully saturated rings. The van der Waals surface area contributed by atoms with E-state index < -0.39 is 29.3 Å². The van der Waals surface area contributed by atoms with Crippen molar-refractivity contribution in [1.29, 1.82) is 0 Å². The van der Waals surface area contributed by atoms with Crippen LogP contribution in [0.1, 0.15) is 1.43 Å². The van der Waals surface area contributed by atoms with E-state index in [1.165, 1.54) is 0 Å². The summed E-state index contributed by atoms with van der Waals surface area (Å²) in [6, 6.07) is 0. The topological polar surface area (TPSA) is 243 Å². The third-order valence-electron chi connectivity index (χ3n) is 0. The van der Waals surface area contributed by atoms with Crippen LogP contribution < -0.4 is 0 Å². The van der Waals surface area contributed by atoms with Gasteiger partial charge in [0.25, 0.3) is 0 Å². The fourth-order valence-electron chi connectivity index (χ4n) is 0. The Morgan fingerprint density at radius 3 is 0.312 bits per heavy atom. The maximum Gasteiger partial charge on any atom is 0.631 e. The average molecular weight is 249 g/mol. The van der Waals surface area contributed by atoms with Gasteiger partial charge in [0.1, 0.15) is 0 Å². The summed E-state index contributed by atoms with van der Waals surface area (Å²) >= 11 is 0. The van der Waals surface area contributed by atoms with E-state index in [1.807, 2.05) is 0 Å². The van der Waals surface area contributed by atoms with Gasteiger partial charge in [-0.25, -0.2) is 0 Å². The molecule has 0 aromatic carbocycles. The first-order chi connectivity index (χ1) is 6.93. The van der Waals surface area contributed by atoms with Crippen molar-refractivity contribution >= 4 is 29.3 Å². The second kappa shape index (κ2) is 20.2. The summed E-state index contributed by atoms with van der Waals surface area (Å²) in [4.78, 5) is 0. The van der Waals surface area contributed by atoms with Gasteiger partial charge in [-0.3, -0.25) is 0 Å². The molecule has 0 heterocycles. The van der Waals surface area contributed by atoms with E-state index in [-0.39, 0.29) is 1.43 Å². The van der Waals surface area contributed by atoms with Gasteiger partial charge in [-0.05, 0) is 0 Å². The van der Waals surface area contributed by atoms with Gasteiger partial charge >= 0.3 is 29.3 Å². The zero-order valence-electron chi connectivity index (χ0n) is 7.68. The van der Waals surface area contributed by atoms with Crippen LogP contribution in [0.5, 0.6) is 0 Å². The van der Waals surface area contributed by atoms with Crippen LogP contribution in [0, 0.1) is 0 Å². The maximum absolute atomic E-state index is 7.17. The Morgan fingerprint density at radius 1 is 0.312 bits per heavy atom. The first-order valence-electron chi connectivity index (χ1n) is 3.10. The van der Waals surface area contributed by atoms with E-state index >= 15 is 0 Å². The van der Waals surface area contributed by atoms with Crippen molar-refractivity contribution in [2.24, 2.45) is 0 Å². The number of rotatable bonds is 0. The lowest BCUT2D eigenvalue weighted by atomic mass is 10.3. The Balaban J connectivity index is -0.0000000369. The van der Waals surface area contributed by atoms with E-state index in [1.54, 1.807) is 0 Å². The molecular formula is H14B4O12. The number of hydrogen-bond acceptors (Lipinski definition) is 12. The fraction of sp³-hybridized carbons (Fsp3) is 0. The van der Waals surface area contributed by atoms with Gasteiger partial charge in [0.2, 0.25) is 0 Å². The quantitative estimate of drug-likeness (QED) is 0.179. The molecule has 0 aliphatic carbocycles. The highest BCUT2D eigenvalue weighted by atomic mass is 16.5. The normalized spacial score (nSPS) is 6.75. The Hall–Kier alpha value is -0.220. The van der Waals surface area contributed by atoms with E-state index in [0.29, 0.717) is 0 Å². The van der Waals surface area contributed by atoms with Crippen LogP contribution in [0.25, 0.3) is 0 Å². The van der Waals surface area contributed by atoms with Crippen molar-refractivity contribution in [2.75, 3.05) is 0 Å². The molecule has 98 valence electrons. The van der Waals surface area contributed by atoms with Gasteiger partial charge in [0, 0.05) is 1.43 Å². The van der Waals surface area contributed by atoms with Crippen molar-refractivity contribution < 1.29 is 61.7 Å². The molecule has 0 aliphatic rings. The fourth-order valence-corrected chi connectivity index (χ4v) is 0. The van der Waals surface area contributed by atoms with E-state index in [2.05, 4.69) is 0 Å². The second-order valence-electron chi connectivity index (χ2n) is 1.39. The van der Waals surface area contributed by atoms with E-state index in [9.17, 15) is 0 Å². The predicted molar refractivity (Wildman–Crippen MR) is 51.8 cm³/mol. The molecule has 0 amide bonds. The minimum Gasteiger partial charge on any atom is -0.402 e. The molecule has 0 radical (unpaired) electrons. The van der Waals surface area contributed by atoms with Gasteiger partial charge in [-0.2, -0.15) is 0 Å². The molecule has 0 unspecified atom stereocenters.